The zero-order valence-corrected chi connectivity index (χ0v) is 11.3. The molecule has 0 spiro atoms. The highest BCUT2D eigenvalue weighted by Crippen LogP contribution is 2.32. The molecular formula is C12H15N5O5. The lowest BCUT2D eigenvalue weighted by molar-refractivity contribution is -0.0508. The smallest absolute Gasteiger partial charge is 0.260 e. The number of amidine groups is 1. The molecule has 1 aliphatic rings. The van der Waals surface area contributed by atoms with Crippen molar-refractivity contribution in [1.82, 2.24) is 14.5 Å². The van der Waals surface area contributed by atoms with Gasteiger partial charge >= 0.3 is 0 Å². The molecule has 0 saturated carbocycles. The van der Waals surface area contributed by atoms with E-state index < -0.39 is 36.7 Å². The van der Waals surface area contributed by atoms with Gasteiger partial charge < -0.3 is 35.3 Å². The molecule has 0 aromatic carbocycles. The van der Waals surface area contributed by atoms with Crippen molar-refractivity contribution in [2.75, 3.05) is 6.61 Å². The van der Waals surface area contributed by atoms with E-state index in [1.54, 1.807) is 0 Å². The zero-order valence-electron chi connectivity index (χ0n) is 11.3. The maximum atomic E-state index is 11.9. The molecule has 3 heterocycles. The first-order valence-corrected chi connectivity index (χ1v) is 6.50. The monoisotopic (exact) mass is 309 g/mol. The summed E-state index contributed by atoms with van der Waals surface area (Å²) in [6.45, 7) is -0.471. The van der Waals surface area contributed by atoms with Gasteiger partial charge in [0.1, 0.15) is 29.8 Å². The number of fused-ring (bicyclic) bond motifs is 1. The third-order valence-corrected chi connectivity index (χ3v) is 3.70. The lowest BCUT2D eigenvalue weighted by Crippen LogP contribution is -2.33. The Morgan fingerprint density at radius 2 is 2.23 bits per heavy atom. The molecule has 10 heteroatoms. The number of H-pyrrole nitrogens is 1. The highest BCUT2D eigenvalue weighted by molar-refractivity contribution is 6.06. The third-order valence-electron chi connectivity index (χ3n) is 3.70. The van der Waals surface area contributed by atoms with Crippen LogP contribution in [0.2, 0.25) is 0 Å². The van der Waals surface area contributed by atoms with Crippen molar-refractivity contribution in [2.24, 2.45) is 5.73 Å². The lowest BCUT2D eigenvalue weighted by Gasteiger charge is -2.17. The van der Waals surface area contributed by atoms with Crippen molar-refractivity contribution in [3.8, 4) is 0 Å². The lowest BCUT2D eigenvalue weighted by atomic mass is 10.1. The Kier molecular flexibility index (Phi) is 3.45. The molecule has 0 amide bonds. The van der Waals surface area contributed by atoms with E-state index >= 15 is 0 Å². The largest absolute Gasteiger partial charge is 0.394 e. The van der Waals surface area contributed by atoms with Crippen LogP contribution in [0.1, 0.15) is 11.8 Å². The fraction of sp³-hybridized carbons (Fsp3) is 0.417. The molecule has 0 radical (unpaired) electrons. The average molecular weight is 309 g/mol. The minimum Gasteiger partial charge on any atom is -0.394 e. The summed E-state index contributed by atoms with van der Waals surface area (Å²) in [5.74, 6) is -0.339. The second-order valence-electron chi connectivity index (χ2n) is 5.02. The maximum Gasteiger partial charge on any atom is 0.260 e. The van der Waals surface area contributed by atoms with E-state index in [1.807, 2.05) is 0 Å². The topological polar surface area (TPSA) is 170 Å². The minimum atomic E-state index is -1.33. The SMILES string of the molecule is N=C(N)c1cn(C2OC(CO)C(O)C2O)c2nc[nH]c(=O)c12. The highest BCUT2D eigenvalue weighted by Gasteiger charge is 2.44. The highest BCUT2D eigenvalue weighted by atomic mass is 16.6. The molecule has 4 unspecified atom stereocenters. The summed E-state index contributed by atoms with van der Waals surface area (Å²) in [4.78, 5) is 18.4. The van der Waals surface area contributed by atoms with Crippen LogP contribution in [0, 0.1) is 5.41 Å². The molecule has 2 aromatic heterocycles. The number of aliphatic hydroxyl groups excluding tert-OH is 3. The molecular weight excluding hydrogens is 294 g/mol. The Hall–Kier alpha value is -2.27. The Bertz CT molecular complexity index is 784. The fourth-order valence-electron chi connectivity index (χ4n) is 2.60. The number of aromatic amines is 1. The first-order chi connectivity index (χ1) is 10.5. The number of nitrogens with one attached hydrogen (secondary N) is 2. The van der Waals surface area contributed by atoms with Crippen LogP contribution in [0.3, 0.4) is 0 Å². The number of aromatic nitrogens is 3. The molecule has 4 atom stereocenters. The van der Waals surface area contributed by atoms with E-state index in [0.717, 1.165) is 0 Å². The van der Waals surface area contributed by atoms with Crippen LogP contribution in [-0.2, 0) is 4.74 Å². The molecule has 7 N–H and O–H groups in total. The summed E-state index contributed by atoms with van der Waals surface area (Å²) < 4.78 is 6.74. The molecule has 2 aromatic rings. The number of rotatable bonds is 3. The molecule has 1 saturated heterocycles. The average Bonchev–Trinajstić information content (AvgIpc) is 3.00. The van der Waals surface area contributed by atoms with Crippen molar-refractivity contribution >= 4 is 16.9 Å². The van der Waals surface area contributed by atoms with E-state index in [0.29, 0.717) is 0 Å². The second kappa shape index (κ2) is 5.18. The minimum absolute atomic E-state index is 0.0905. The van der Waals surface area contributed by atoms with Crippen LogP contribution in [-0.4, -0.2) is 60.6 Å². The van der Waals surface area contributed by atoms with Gasteiger partial charge in [-0.1, -0.05) is 0 Å². The van der Waals surface area contributed by atoms with Gasteiger partial charge in [0.15, 0.2) is 6.23 Å². The van der Waals surface area contributed by atoms with Gasteiger partial charge in [0.2, 0.25) is 0 Å². The van der Waals surface area contributed by atoms with E-state index in [9.17, 15) is 15.0 Å². The number of ether oxygens (including phenoxy) is 1. The molecule has 1 fully saturated rings. The van der Waals surface area contributed by atoms with Crippen LogP contribution in [0.15, 0.2) is 17.3 Å². The standard InChI is InChI=1S/C12H15N5O5/c13-9(14)4-1-17(10-6(4)11(21)16-3-15-10)12-8(20)7(19)5(2-18)22-12/h1,3,5,7-8,12,18-20H,2H2,(H3,13,14)(H,15,16,21). The van der Waals surface area contributed by atoms with E-state index in [1.165, 1.54) is 17.1 Å². The number of nitrogens with two attached hydrogens (primary N) is 1. The Labute approximate surface area is 123 Å². The van der Waals surface area contributed by atoms with Crippen LogP contribution in [0.25, 0.3) is 11.0 Å². The van der Waals surface area contributed by atoms with Crippen LogP contribution < -0.4 is 11.3 Å². The van der Waals surface area contributed by atoms with Gasteiger partial charge in [-0.3, -0.25) is 10.2 Å². The Balaban J connectivity index is 2.18. The molecule has 22 heavy (non-hydrogen) atoms. The van der Waals surface area contributed by atoms with E-state index in [4.69, 9.17) is 21.0 Å². The fourth-order valence-corrected chi connectivity index (χ4v) is 2.60. The second-order valence-corrected chi connectivity index (χ2v) is 5.02. The van der Waals surface area contributed by atoms with Crippen molar-refractivity contribution in [3.05, 3.63) is 28.4 Å². The van der Waals surface area contributed by atoms with Gasteiger partial charge in [0.25, 0.3) is 5.56 Å². The Morgan fingerprint density at radius 1 is 1.50 bits per heavy atom. The molecule has 0 bridgehead atoms. The third kappa shape index (κ3) is 2.01. The number of hydrogen-bond acceptors (Lipinski definition) is 7. The normalized spacial score (nSPS) is 28.3. The predicted octanol–water partition coefficient (Wildman–Crippen LogP) is -2.38. The van der Waals surface area contributed by atoms with Gasteiger partial charge in [-0.2, -0.15) is 0 Å². The summed E-state index contributed by atoms with van der Waals surface area (Å²) in [6.07, 6.45) is -2.09. The van der Waals surface area contributed by atoms with Crippen molar-refractivity contribution in [1.29, 1.82) is 5.41 Å². The summed E-state index contributed by atoms with van der Waals surface area (Å²) in [6, 6.07) is 0. The summed E-state index contributed by atoms with van der Waals surface area (Å²) >= 11 is 0. The first-order valence-electron chi connectivity index (χ1n) is 6.50. The Morgan fingerprint density at radius 3 is 2.82 bits per heavy atom. The quantitative estimate of drug-likeness (QED) is 0.271. The van der Waals surface area contributed by atoms with Gasteiger partial charge in [0.05, 0.1) is 18.3 Å². The van der Waals surface area contributed by atoms with Crippen LogP contribution >= 0.6 is 0 Å². The first kappa shape index (κ1) is 14.7. The summed E-state index contributed by atoms with van der Waals surface area (Å²) in [5, 5.41) is 36.7. The zero-order chi connectivity index (χ0) is 16.0. The van der Waals surface area contributed by atoms with Crippen LogP contribution in [0.4, 0.5) is 0 Å². The van der Waals surface area contributed by atoms with Gasteiger partial charge in [-0.15, -0.1) is 0 Å². The molecule has 0 aliphatic carbocycles. The number of aliphatic hydroxyl groups is 3. The number of nitrogen functional groups attached to an aromatic ring is 1. The predicted molar refractivity (Wildman–Crippen MR) is 74.4 cm³/mol. The van der Waals surface area contributed by atoms with Gasteiger partial charge in [-0.25, -0.2) is 4.98 Å². The molecule has 10 nitrogen and oxygen atoms in total. The van der Waals surface area contributed by atoms with Crippen LogP contribution in [0.5, 0.6) is 0 Å². The van der Waals surface area contributed by atoms with Crippen molar-refractivity contribution in [3.63, 3.8) is 0 Å². The summed E-state index contributed by atoms with van der Waals surface area (Å²) in [5.41, 5.74) is 5.28. The van der Waals surface area contributed by atoms with Crippen molar-refractivity contribution in [2.45, 2.75) is 24.5 Å². The number of nitrogens with zero attached hydrogens (tertiary/aromatic N) is 2. The molecule has 3 rings (SSSR count). The molecule has 1 aliphatic heterocycles. The summed E-state index contributed by atoms with van der Waals surface area (Å²) in [7, 11) is 0. The van der Waals surface area contributed by atoms with E-state index in [-0.39, 0.29) is 22.4 Å². The maximum absolute atomic E-state index is 11.9. The van der Waals surface area contributed by atoms with Gasteiger partial charge in [-0.05, 0) is 0 Å². The van der Waals surface area contributed by atoms with Crippen molar-refractivity contribution < 1.29 is 20.1 Å². The van der Waals surface area contributed by atoms with Gasteiger partial charge in [0, 0.05) is 11.8 Å². The number of hydrogen-bond donors (Lipinski definition) is 6. The van der Waals surface area contributed by atoms with E-state index in [2.05, 4.69) is 9.97 Å². The molecule has 118 valence electrons.